The van der Waals surface area contributed by atoms with Crippen LogP contribution in [0.2, 0.25) is 0 Å². The molecule has 0 bridgehead atoms. The average molecular weight is 505 g/mol. The highest BCUT2D eigenvalue weighted by Crippen LogP contribution is 2.35. The lowest BCUT2D eigenvalue weighted by atomic mass is 10.3. The van der Waals surface area contributed by atoms with Crippen LogP contribution < -0.4 is 5.32 Å². The standard InChI is InChI=1S/C11H7Br4NS/c12-6-3-8(14)11(9(15)4-6)16-5-10-7(13)1-2-17-10/h1-4,16H,5H2. The second kappa shape index (κ2) is 6.19. The third kappa shape index (κ3) is 3.56. The van der Waals surface area contributed by atoms with Crippen molar-refractivity contribution in [2.45, 2.75) is 6.54 Å². The molecule has 1 nitrogen and oxygen atoms in total. The highest BCUT2D eigenvalue weighted by Gasteiger charge is 2.08. The van der Waals surface area contributed by atoms with Crippen molar-refractivity contribution in [1.82, 2.24) is 0 Å². The molecule has 0 radical (unpaired) electrons. The van der Waals surface area contributed by atoms with Crippen LogP contribution in [0.1, 0.15) is 4.88 Å². The molecule has 2 rings (SSSR count). The molecule has 1 aromatic heterocycles. The minimum absolute atomic E-state index is 0.803. The Labute approximate surface area is 138 Å². The molecule has 0 atom stereocenters. The van der Waals surface area contributed by atoms with E-state index in [-0.39, 0.29) is 0 Å². The summed E-state index contributed by atoms with van der Waals surface area (Å²) in [4.78, 5) is 1.28. The molecular weight excluding hydrogens is 498 g/mol. The van der Waals surface area contributed by atoms with Gasteiger partial charge in [0.15, 0.2) is 0 Å². The highest BCUT2D eigenvalue weighted by molar-refractivity contribution is 9.11. The van der Waals surface area contributed by atoms with Gasteiger partial charge in [0.1, 0.15) is 0 Å². The van der Waals surface area contributed by atoms with Crippen LogP contribution in [0, 0.1) is 0 Å². The topological polar surface area (TPSA) is 12.0 Å². The second-order valence-corrected chi connectivity index (χ2v) is 7.77. The van der Waals surface area contributed by atoms with Gasteiger partial charge in [0.2, 0.25) is 0 Å². The molecule has 0 saturated carbocycles. The average Bonchev–Trinajstić information content (AvgIpc) is 2.62. The summed E-state index contributed by atoms with van der Waals surface area (Å²) in [6, 6.07) is 6.11. The van der Waals surface area contributed by atoms with Crippen molar-refractivity contribution >= 4 is 80.7 Å². The number of rotatable bonds is 3. The Balaban J connectivity index is 2.17. The van der Waals surface area contributed by atoms with Crippen molar-refractivity contribution in [3.63, 3.8) is 0 Å². The lowest BCUT2D eigenvalue weighted by molar-refractivity contribution is 1.17. The fourth-order valence-electron chi connectivity index (χ4n) is 1.33. The quantitative estimate of drug-likeness (QED) is 0.509. The first-order valence-corrected chi connectivity index (χ1v) is 8.73. The predicted molar refractivity (Wildman–Crippen MR) is 88.9 cm³/mol. The molecule has 6 heteroatoms. The van der Waals surface area contributed by atoms with E-state index < -0.39 is 0 Å². The lowest BCUT2D eigenvalue weighted by Gasteiger charge is -2.11. The molecule has 1 heterocycles. The Morgan fingerprint density at radius 2 is 1.65 bits per heavy atom. The Morgan fingerprint density at radius 1 is 1.00 bits per heavy atom. The molecule has 0 unspecified atom stereocenters. The number of halogens is 4. The molecule has 0 aliphatic rings. The van der Waals surface area contributed by atoms with E-state index in [0.717, 1.165) is 30.1 Å². The van der Waals surface area contributed by atoms with E-state index in [4.69, 9.17) is 0 Å². The van der Waals surface area contributed by atoms with Gasteiger partial charge in [-0.05, 0) is 71.4 Å². The summed E-state index contributed by atoms with van der Waals surface area (Å²) in [7, 11) is 0. The van der Waals surface area contributed by atoms with E-state index in [0.29, 0.717) is 0 Å². The number of anilines is 1. The molecule has 0 amide bonds. The maximum absolute atomic E-state index is 3.55. The zero-order valence-corrected chi connectivity index (χ0v) is 15.6. The van der Waals surface area contributed by atoms with Crippen LogP contribution in [0.25, 0.3) is 0 Å². The summed E-state index contributed by atoms with van der Waals surface area (Å²) < 4.78 is 4.26. The number of hydrogen-bond acceptors (Lipinski definition) is 2. The summed E-state index contributed by atoms with van der Waals surface area (Å²) in [5.74, 6) is 0. The molecule has 0 saturated heterocycles. The van der Waals surface area contributed by atoms with Crippen LogP contribution in [0.5, 0.6) is 0 Å². The van der Waals surface area contributed by atoms with Crippen LogP contribution >= 0.6 is 75.1 Å². The van der Waals surface area contributed by atoms with Crippen LogP contribution in [0.15, 0.2) is 41.5 Å². The van der Waals surface area contributed by atoms with E-state index in [9.17, 15) is 0 Å². The molecule has 1 aromatic carbocycles. The Hall–Kier alpha value is 0.640. The Kier molecular flexibility index (Phi) is 5.12. The zero-order valence-electron chi connectivity index (χ0n) is 8.44. The second-order valence-electron chi connectivity index (χ2n) is 3.29. The molecule has 2 aromatic rings. The SMILES string of the molecule is Brc1cc(Br)c(NCc2sccc2Br)c(Br)c1. The first kappa shape index (κ1) is 14.1. The van der Waals surface area contributed by atoms with Crippen molar-refractivity contribution in [3.8, 4) is 0 Å². The number of hydrogen-bond donors (Lipinski definition) is 1. The molecule has 17 heavy (non-hydrogen) atoms. The summed E-state index contributed by atoms with van der Waals surface area (Å²) >= 11 is 15.8. The predicted octanol–water partition coefficient (Wildman–Crippen LogP) is 6.41. The van der Waals surface area contributed by atoms with Gasteiger partial charge in [-0.1, -0.05) is 15.9 Å². The fourth-order valence-corrected chi connectivity index (χ4v) is 5.30. The minimum atomic E-state index is 0.803. The van der Waals surface area contributed by atoms with Gasteiger partial charge < -0.3 is 5.32 Å². The highest BCUT2D eigenvalue weighted by atomic mass is 79.9. The van der Waals surface area contributed by atoms with Crippen molar-refractivity contribution in [1.29, 1.82) is 0 Å². The summed E-state index contributed by atoms with van der Waals surface area (Å²) in [5, 5.41) is 5.49. The van der Waals surface area contributed by atoms with Crippen LogP contribution in [0.4, 0.5) is 5.69 Å². The summed E-state index contributed by atoms with van der Waals surface area (Å²) in [6.45, 7) is 0.803. The molecule has 1 N–H and O–H groups in total. The molecule has 0 fully saturated rings. The molecule has 90 valence electrons. The molecular formula is C11H7Br4NS. The van der Waals surface area contributed by atoms with Crippen molar-refractivity contribution in [2.75, 3.05) is 5.32 Å². The minimum Gasteiger partial charge on any atom is -0.378 e. The Morgan fingerprint density at radius 3 is 2.18 bits per heavy atom. The normalized spacial score (nSPS) is 10.6. The number of thiophene rings is 1. The third-order valence-corrected chi connectivity index (χ3v) is 5.76. The largest absolute Gasteiger partial charge is 0.378 e. The van der Waals surface area contributed by atoms with Gasteiger partial charge in [-0.15, -0.1) is 11.3 Å². The maximum atomic E-state index is 3.55. The summed E-state index contributed by atoms with van der Waals surface area (Å²) in [5.41, 5.74) is 1.06. The van der Waals surface area contributed by atoms with Crippen molar-refractivity contribution in [2.24, 2.45) is 0 Å². The smallest absolute Gasteiger partial charge is 0.0632 e. The van der Waals surface area contributed by atoms with Gasteiger partial charge in [0, 0.05) is 22.8 Å². The van der Waals surface area contributed by atoms with Gasteiger partial charge in [-0.25, -0.2) is 0 Å². The summed E-state index contributed by atoms with van der Waals surface area (Å²) in [6.07, 6.45) is 0. The zero-order chi connectivity index (χ0) is 12.4. The molecule has 0 spiro atoms. The van der Waals surface area contributed by atoms with Gasteiger partial charge in [-0.2, -0.15) is 0 Å². The molecule has 0 aliphatic carbocycles. The van der Waals surface area contributed by atoms with Gasteiger partial charge in [-0.3, -0.25) is 0 Å². The van der Waals surface area contributed by atoms with E-state index in [1.165, 1.54) is 4.88 Å². The maximum Gasteiger partial charge on any atom is 0.0632 e. The first-order valence-electron chi connectivity index (χ1n) is 4.68. The molecule has 0 aliphatic heterocycles. The number of nitrogens with one attached hydrogen (secondary N) is 1. The third-order valence-electron chi connectivity index (χ3n) is 2.12. The fraction of sp³-hybridized carbons (Fsp3) is 0.0909. The number of benzene rings is 1. The monoisotopic (exact) mass is 501 g/mol. The van der Waals surface area contributed by atoms with Crippen LogP contribution in [0.3, 0.4) is 0 Å². The van der Waals surface area contributed by atoms with E-state index in [1.54, 1.807) is 11.3 Å². The van der Waals surface area contributed by atoms with Crippen molar-refractivity contribution < 1.29 is 0 Å². The van der Waals surface area contributed by atoms with Crippen LogP contribution in [-0.2, 0) is 6.54 Å². The first-order chi connectivity index (χ1) is 8.08. The van der Waals surface area contributed by atoms with Crippen molar-refractivity contribution in [3.05, 3.63) is 46.3 Å². The van der Waals surface area contributed by atoms with E-state index >= 15 is 0 Å². The van der Waals surface area contributed by atoms with Gasteiger partial charge in [0.25, 0.3) is 0 Å². The van der Waals surface area contributed by atoms with Gasteiger partial charge in [0.05, 0.1) is 12.2 Å². The van der Waals surface area contributed by atoms with Gasteiger partial charge >= 0.3 is 0 Å². The lowest BCUT2D eigenvalue weighted by Crippen LogP contribution is -1.99. The van der Waals surface area contributed by atoms with Crippen LogP contribution in [-0.4, -0.2) is 0 Å². The Bertz CT molecular complexity index is 515. The van der Waals surface area contributed by atoms with E-state index in [2.05, 4.69) is 80.5 Å². The van der Waals surface area contributed by atoms with E-state index in [1.807, 2.05) is 12.1 Å².